The number of nitrogens with zero attached hydrogens (tertiary/aromatic N) is 2. The average Bonchev–Trinajstić information content (AvgIpc) is 3.02. The zero-order valence-electron chi connectivity index (χ0n) is 29.4. The van der Waals surface area contributed by atoms with E-state index in [9.17, 15) is 23.1 Å². The number of hydrogen-bond donors (Lipinski definition) is 1. The molecule has 0 aliphatic heterocycles. The molecule has 50 heavy (non-hydrogen) atoms. The number of pyridine rings is 2. The predicted molar refractivity (Wildman–Crippen MR) is 195 cm³/mol. The SMILES string of the molecule is CC(C)(C)C(=[OH+])/C=C(\O)C(C)(C)C.Cc1[c-]c(-c2nccc3c2ccc2cc(-c4cnc(C(F)(F)F)c5ccccc45)ccc23)cc(C)c1.[Ir]. The van der Waals surface area contributed by atoms with Gasteiger partial charge in [-0.15, -0.1) is 34.9 Å². The summed E-state index contributed by atoms with van der Waals surface area (Å²) in [5, 5.41) is 14.4. The number of ketones is 1. The molecule has 1 radical (unpaired) electrons. The van der Waals surface area contributed by atoms with Crippen molar-refractivity contribution >= 4 is 38.1 Å². The molecule has 0 aliphatic rings. The number of aryl methyl sites for hydroxylation is 2. The van der Waals surface area contributed by atoms with Gasteiger partial charge in [-0.25, -0.2) is 0 Å². The van der Waals surface area contributed by atoms with E-state index < -0.39 is 11.9 Å². The number of halogens is 3. The summed E-state index contributed by atoms with van der Waals surface area (Å²) in [5.74, 6) is 0.417. The van der Waals surface area contributed by atoms with E-state index in [4.69, 9.17) is 0 Å². The van der Waals surface area contributed by atoms with Crippen molar-refractivity contribution in [1.82, 2.24) is 9.97 Å². The molecule has 2 N–H and O–H groups in total. The predicted octanol–water partition coefficient (Wildman–Crippen LogP) is 11.8. The molecule has 2 aromatic heterocycles. The van der Waals surface area contributed by atoms with Gasteiger partial charge in [-0.3, -0.25) is 9.78 Å². The maximum atomic E-state index is 13.5. The van der Waals surface area contributed by atoms with Gasteiger partial charge in [0, 0.05) is 48.9 Å². The van der Waals surface area contributed by atoms with Crippen LogP contribution in [0.2, 0.25) is 0 Å². The van der Waals surface area contributed by atoms with E-state index in [1.165, 1.54) is 18.3 Å². The number of hydrogen-bond acceptors (Lipinski definition) is 3. The van der Waals surface area contributed by atoms with Crippen LogP contribution in [0.4, 0.5) is 13.2 Å². The van der Waals surface area contributed by atoms with E-state index in [0.29, 0.717) is 10.9 Å². The number of aliphatic hydroxyl groups is 1. The molecule has 261 valence electrons. The van der Waals surface area contributed by atoms with Crippen LogP contribution in [0.1, 0.15) is 58.4 Å². The molecule has 4 nitrogen and oxygen atoms in total. The Balaban J connectivity index is 0.000000345. The normalized spacial score (nSPS) is 12.4. The van der Waals surface area contributed by atoms with Crippen molar-refractivity contribution < 1.29 is 43.2 Å². The molecule has 0 bridgehead atoms. The van der Waals surface area contributed by atoms with E-state index in [1.54, 1.807) is 18.2 Å². The summed E-state index contributed by atoms with van der Waals surface area (Å²) < 4.78 is 40.6. The largest absolute Gasteiger partial charge is 0.511 e. The molecule has 0 saturated heterocycles. The van der Waals surface area contributed by atoms with Gasteiger partial charge >= 0.3 is 12.0 Å². The quantitative estimate of drug-likeness (QED) is 0.0634. The monoisotopic (exact) mass is 855 g/mol. The number of aromatic nitrogens is 2. The second kappa shape index (κ2) is 14.5. The Morgan fingerprint density at radius 1 is 0.760 bits per heavy atom. The molecule has 0 aliphatic carbocycles. The van der Waals surface area contributed by atoms with Gasteiger partial charge < -0.3 is 10.1 Å². The first-order valence-electron chi connectivity index (χ1n) is 16.1. The van der Waals surface area contributed by atoms with E-state index in [-0.39, 0.29) is 47.9 Å². The Kier molecular flexibility index (Phi) is 11.1. The van der Waals surface area contributed by atoms with Gasteiger partial charge in [-0.2, -0.15) is 13.2 Å². The number of aliphatic hydroxyl groups excluding tert-OH is 1. The summed E-state index contributed by atoms with van der Waals surface area (Å²) in [6, 6.07) is 26.2. The van der Waals surface area contributed by atoms with Crippen molar-refractivity contribution in [2.45, 2.75) is 61.6 Å². The Bertz CT molecular complexity index is 2220. The van der Waals surface area contributed by atoms with Gasteiger partial charge in [0.25, 0.3) is 0 Å². The smallest absolute Gasteiger partial charge is 0.433 e. The number of alkyl halides is 3. The van der Waals surface area contributed by atoms with Crippen LogP contribution in [-0.4, -0.2) is 25.7 Å². The Hall–Kier alpha value is -4.39. The minimum Gasteiger partial charge on any atom is -0.511 e. The molecule has 8 heteroatoms. The van der Waals surface area contributed by atoms with Crippen LogP contribution in [0.25, 0.3) is 54.7 Å². The number of allylic oxidation sites excluding steroid dienone is 2. The molecule has 0 saturated carbocycles. The van der Waals surface area contributed by atoms with Crippen LogP contribution >= 0.6 is 0 Å². The first kappa shape index (κ1) is 38.4. The van der Waals surface area contributed by atoms with Crippen molar-refractivity contribution in [3.05, 3.63) is 120 Å². The van der Waals surface area contributed by atoms with Gasteiger partial charge in [-0.1, -0.05) is 83.1 Å². The fraction of sp³-hybridized carbons (Fsp3) is 0.262. The topological polar surface area (TPSA) is 67.4 Å². The second-order valence-corrected chi connectivity index (χ2v) is 14.5. The van der Waals surface area contributed by atoms with Gasteiger partial charge in [0.1, 0.15) is 5.76 Å². The van der Waals surface area contributed by atoms with Gasteiger partial charge in [0.05, 0.1) is 11.5 Å². The fourth-order valence-corrected chi connectivity index (χ4v) is 5.61. The van der Waals surface area contributed by atoms with Gasteiger partial charge in [0.2, 0.25) is 0 Å². The van der Waals surface area contributed by atoms with Crippen LogP contribution < -0.4 is 0 Å². The van der Waals surface area contributed by atoms with Gasteiger partial charge in [-0.05, 0) is 71.1 Å². The molecule has 2 heterocycles. The average molecular weight is 855 g/mol. The Morgan fingerprint density at radius 3 is 2.04 bits per heavy atom. The van der Waals surface area contributed by atoms with Crippen molar-refractivity contribution in [3.63, 3.8) is 0 Å². The minimum absolute atomic E-state index is 0. The van der Waals surface area contributed by atoms with E-state index in [1.807, 2.05) is 85.0 Å². The molecule has 4 aromatic carbocycles. The number of fused-ring (bicyclic) bond motifs is 4. The summed E-state index contributed by atoms with van der Waals surface area (Å²) in [6.07, 6.45) is 0.0640. The number of rotatable bonds is 3. The summed E-state index contributed by atoms with van der Waals surface area (Å²) in [5.41, 5.74) is 4.06. The molecule has 0 atom stereocenters. The van der Waals surface area contributed by atoms with Crippen molar-refractivity contribution in [1.29, 1.82) is 0 Å². The van der Waals surface area contributed by atoms with Crippen molar-refractivity contribution in [2.24, 2.45) is 10.8 Å². The number of benzene rings is 4. The second-order valence-electron chi connectivity index (χ2n) is 14.5. The Labute approximate surface area is 304 Å². The third-order valence-corrected chi connectivity index (χ3v) is 8.35. The van der Waals surface area contributed by atoms with E-state index in [0.717, 1.165) is 49.5 Å². The molecule has 6 rings (SSSR count). The Morgan fingerprint density at radius 2 is 1.42 bits per heavy atom. The molecule has 6 aromatic rings. The maximum absolute atomic E-state index is 13.5. The minimum atomic E-state index is -4.51. The molecule has 0 amide bonds. The fourth-order valence-electron chi connectivity index (χ4n) is 5.61. The van der Waals surface area contributed by atoms with Gasteiger partial charge in [0.15, 0.2) is 5.69 Å². The van der Waals surface area contributed by atoms with E-state index in [2.05, 4.69) is 41.2 Å². The summed E-state index contributed by atoms with van der Waals surface area (Å²) in [6.45, 7) is 15.5. The molecule has 0 unspecified atom stereocenters. The number of carbonyl (C=O) groups excluding carboxylic acids is 1. The standard InChI is InChI=1S/C31H20F3N2.C11H20O2.Ir/c1-18-13-19(2)15-22(14-18)29-26-10-8-20-16-21(7-9-23(20)25(26)11-12-35-29)28-17-36-30(31(32,33)34)27-6-4-3-5-24(27)28;1-10(2,3)8(12)7-9(13)11(4,5)6;/h3-14,16-17H,1-2H3;7,12H,1-6H3;/q-1;;/p+1/b;8-7-;. The first-order valence-corrected chi connectivity index (χ1v) is 16.1. The van der Waals surface area contributed by atoms with Crippen molar-refractivity contribution in [2.75, 3.05) is 0 Å². The van der Waals surface area contributed by atoms with Crippen LogP contribution in [0.5, 0.6) is 0 Å². The molecular weight excluding hydrogens is 814 g/mol. The van der Waals surface area contributed by atoms with Crippen LogP contribution in [0.15, 0.2) is 97.0 Å². The zero-order chi connectivity index (χ0) is 35.9. The van der Waals surface area contributed by atoms with Crippen molar-refractivity contribution in [3.8, 4) is 22.4 Å². The third-order valence-electron chi connectivity index (χ3n) is 8.35. The zero-order valence-corrected chi connectivity index (χ0v) is 31.8. The summed E-state index contributed by atoms with van der Waals surface area (Å²) >= 11 is 0. The maximum Gasteiger partial charge on any atom is 0.433 e. The van der Waals surface area contributed by atoms with Crippen LogP contribution in [0, 0.1) is 30.7 Å². The van der Waals surface area contributed by atoms with Crippen LogP contribution in [-0.2, 0) is 26.3 Å². The van der Waals surface area contributed by atoms with E-state index >= 15 is 0 Å². The third kappa shape index (κ3) is 8.31. The summed E-state index contributed by atoms with van der Waals surface area (Å²) in [4.78, 5) is 18.1. The molecule has 0 spiro atoms. The first-order chi connectivity index (χ1) is 22.8. The molecular formula is C42H41F3IrN2O2. The van der Waals surface area contributed by atoms with Crippen LogP contribution in [0.3, 0.4) is 0 Å². The molecule has 0 fully saturated rings. The summed E-state index contributed by atoms with van der Waals surface area (Å²) in [7, 11) is 0.